The van der Waals surface area contributed by atoms with Gasteiger partial charge in [-0.1, -0.05) is 0 Å². The van der Waals surface area contributed by atoms with Crippen molar-refractivity contribution in [2.75, 3.05) is 38.7 Å². The summed E-state index contributed by atoms with van der Waals surface area (Å²) in [5, 5.41) is 2.87. The minimum atomic E-state index is -0.363. The number of hydrogen-bond acceptors (Lipinski definition) is 5. The number of anilines is 1. The van der Waals surface area contributed by atoms with E-state index in [0.29, 0.717) is 44.8 Å². The Hall–Kier alpha value is -2.77. The third kappa shape index (κ3) is 4.55. The van der Waals surface area contributed by atoms with E-state index in [-0.39, 0.29) is 36.3 Å². The molecule has 0 radical (unpaired) electrons. The van der Waals surface area contributed by atoms with Crippen molar-refractivity contribution in [1.82, 2.24) is 9.80 Å². The van der Waals surface area contributed by atoms with Crippen LogP contribution in [0, 0.1) is 5.92 Å². The number of nitrogens with zero attached hydrogens (tertiary/aromatic N) is 2. The van der Waals surface area contributed by atoms with Gasteiger partial charge < -0.3 is 24.6 Å². The molecule has 3 rings (SSSR count). The number of methoxy groups -OCH3 is 1. The maximum absolute atomic E-state index is 12.6. The largest absolute Gasteiger partial charge is 0.497 e. The standard InChI is InChI=1S/C20H27N3O5/c1-3-28-20(26)22-10-8-16(9-11-22)23-13-14(12-18(23)24)19(25)21-15-4-6-17(27-2)7-5-15/h4-7,14,16H,3,8-13H2,1-2H3,(H,21,25). The SMILES string of the molecule is CCOC(=O)N1CCC(N2CC(C(=O)Nc3ccc(OC)cc3)CC2=O)CC1. The third-order valence-electron chi connectivity index (χ3n) is 5.32. The highest BCUT2D eigenvalue weighted by atomic mass is 16.6. The van der Waals surface area contributed by atoms with Crippen LogP contribution in [0.1, 0.15) is 26.2 Å². The van der Waals surface area contributed by atoms with Crippen molar-refractivity contribution < 1.29 is 23.9 Å². The van der Waals surface area contributed by atoms with E-state index in [0.717, 1.165) is 5.75 Å². The lowest BCUT2D eigenvalue weighted by atomic mass is 10.0. The van der Waals surface area contributed by atoms with Crippen molar-refractivity contribution >= 4 is 23.6 Å². The molecule has 2 saturated heterocycles. The molecule has 1 unspecified atom stereocenters. The number of benzene rings is 1. The average molecular weight is 389 g/mol. The third-order valence-corrected chi connectivity index (χ3v) is 5.32. The van der Waals surface area contributed by atoms with Crippen LogP contribution in [-0.2, 0) is 14.3 Å². The van der Waals surface area contributed by atoms with Crippen LogP contribution in [0.15, 0.2) is 24.3 Å². The first-order chi connectivity index (χ1) is 13.5. The molecule has 2 aliphatic rings. The molecular weight excluding hydrogens is 362 g/mol. The summed E-state index contributed by atoms with van der Waals surface area (Å²) in [6.07, 6.45) is 1.33. The monoisotopic (exact) mass is 389 g/mol. The number of ether oxygens (including phenoxy) is 2. The van der Waals surface area contributed by atoms with Crippen LogP contribution >= 0.6 is 0 Å². The molecule has 152 valence electrons. The highest BCUT2D eigenvalue weighted by Gasteiger charge is 2.39. The molecule has 2 fully saturated rings. The van der Waals surface area contributed by atoms with Crippen LogP contribution in [0.2, 0.25) is 0 Å². The van der Waals surface area contributed by atoms with Gasteiger partial charge >= 0.3 is 6.09 Å². The molecule has 0 bridgehead atoms. The van der Waals surface area contributed by atoms with Gasteiger partial charge in [-0.15, -0.1) is 0 Å². The molecular formula is C20H27N3O5. The molecule has 8 heteroatoms. The first kappa shape index (κ1) is 20.0. The Morgan fingerprint density at radius 3 is 2.46 bits per heavy atom. The molecule has 2 heterocycles. The summed E-state index contributed by atoms with van der Waals surface area (Å²) in [6.45, 7) is 3.69. The molecule has 2 aliphatic heterocycles. The van der Waals surface area contributed by atoms with Crippen molar-refractivity contribution in [2.45, 2.75) is 32.2 Å². The Kier molecular flexibility index (Phi) is 6.38. The van der Waals surface area contributed by atoms with Gasteiger partial charge in [0, 0.05) is 37.8 Å². The Morgan fingerprint density at radius 1 is 1.18 bits per heavy atom. The zero-order valence-corrected chi connectivity index (χ0v) is 16.3. The number of piperidine rings is 1. The average Bonchev–Trinajstić information content (AvgIpc) is 3.11. The maximum Gasteiger partial charge on any atom is 0.409 e. The number of hydrogen-bond donors (Lipinski definition) is 1. The minimum absolute atomic E-state index is 0.00413. The van der Waals surface area contributed by atoms with E-state index >= 15 is 0 Å². The van der Waals surface area contributed by atoms with Crippen molar-refractivity contribution in [2.24, 2.45) is 5.92 Å². The maximum atomic E-state index is 12.6. The number of rotatable bonds is 5. The van der Waals surface area contributed by atoms with Crippen LogP contribution in [0.3, 0.4) is 0 Å². The Morgan fingerprint density at radius 2 is 1.86 bits per heavy atom. The lowest BCUT2D eigenvalue weighted by molar-refractivity contribution is -0.130. The number of likely N-dealkylation sites (tertiary alicyclic amines) is 2. The predicted octanol–water partition coefficient (Wildman–Crippen LogP) is 2.10. The molecule has 0 spiro atoms. The predicted molar refractivity (Wildman–Crippen MR) is 103 cm³/mol. The van der Waals surface area contributed by atoms with E-state index in [1.165, 1.54) is 0 Å². The van der Waals surface area contributed by atoms with Crippen LogP contribution < -0.4 is 10.1 Å². The van der Waals surface area contributed by atoms with Gasteiger partial charge in [0.1, 0.15) is 5.75 Å². The fraction of sp³-hybridized carbons (Fsp3) is 0.550. The Bertz CT molecular complexity index is 713. The molecule has 0 aliphatic carbocycles. The highest BCUT2D eigenvalue weighted by molar-refractivity contribution is 5.97. The lowest BCUT2D eigenvalue weighted by Gasteiger charge is -2.36. The Labute approximate surface area is 164 Å². The van der Waals surface area contributed by atoms with Gasteiger partial charge in [-0.3, -0.25) is 9.59 Å². The van der Waals surface area contributed by atoms with E-state index in [1.54, 1.807) is 48.1 Å². The zero-order chi connectivity index (χ0) is 20.1. The van der Waals surface area contributed by atoms with Gasteiger partial charge in [0.25, 0.3) is 0 Å². The molecule has 28 heavy (non-hydrogen) atoms. The quantitative estimate of drug-likeness (QED) is 0.833. The molecule has 1 N–H and O–H groups in total. The summed E-state index contributed by atoms with van der Waals surface area (Å²) in [5.74, 6) is 0.210. The number of carbonyl (C=O) groups excluding carboxylic acids is 3. The van der Waals surface area contributed by atoms with Crippen LogP contribution in [0.25, 0.3) is 0 Å². The second-order valence-corrected chi connectivity index (χ2v) is 7.08. The van der Waals surface area contributed by atoms with Crippen molar-refractivity contribution in [1.29, 1.82) is 0 Å². The van der Waals surface area contributed by atoms with Gasteiger partial charge in [-0.05, 0) is 44.0 Å². The smallest absolute Gasteiger partial charge is 0.409 e. The number of amides is 3. The van der Waals surface area contributed by atoms with E-state index in [4.69, 9.17) is 9.47 Å². The fourth-order valence-electron chi connectivity index (χ4n) is 3.75. The van der Waals surface area contributed by atoms with E-state index in [2.05, 4.69) is 5.32 Å². The highest BCUT2D eigenvalue weighted by Crippen LogP contribution is 2.27. The topological polar surface area (TPSA) is 88.2 Å². The van der Waals surface area contributed by atoms with E-state index in [9.17, 15) is 14.4 Å². The molecule has 0 saturated carbocycles. The fourth-order valence-corrected chi connectivity index (χ4v) is 3.75. The molecule has 1 aromatic carbocycles. The van der Waals surface area contributed by atoms with Crippen molar-refractivity contribution in [3.8, 4) is 5.75 Å². The molecule has 0 aromatic heterocycles. The molecule has 1 aromatic rings. The molecule has 8 nitrogen and oxygen atoms in total. The normalized spacial score (nSPS) is 20.2. The van der Waals surface area contributed by atoms with Gasteiger partial charge in [0.15, 0.2) is 0 Å². The number of nitrogens with one attached hydrogen (secondary N) is 1. The van der Waals surface area contributed by atoms with Crippen LogP contribution in [-0.4, -0.2) is 67.1 Å². The summed E-state index contributed by atoms with van der Waals surface area (Å²) in [7, 11) is 1.59. The summed E-state index contributed by atoms with van der Waals surface area (Å²) < 4.78 is 10.1. The zero-order valence-electron chi connectivity index (χ0n) is 16.3. The molecule has 1 atom stereocenters. The van der Waals surface area contributed by atoms with E-state index in [1.807, 2.05) is 0 Å². The summed E-state index contributed by atoms with van der Waals surface area (Å²) >= 11 is 0. The Balaban J connectivity index is 1.52. The second kappa shape index (κ2) is 8.95. The number of carbonyl (C=O) groups is 3. The van der Waals surface area contributed by atoms with Crippen molar-refractivity contribution in [3.05, 3.63) is 24.3 Å². The van der Waals surface area contributed by atoms with Crippen LogP contribution in [0.5, 0.6) is 5.75 Å². The molecule has 3 amide bonds. The van der Waals surface area contributed by atoms with E-state index < -0.39 is 0 Å². The summed E-state index contributed by atoms with van der Waals surface area (Å²) in [4.78, 5) is 40.3. The van der Waals surface area contributed by atoms with Gasteiger partial charge in [0.05, 0.1) is 19.6 Å². The minimum Gasteiger partial charge on any atom is -0.497 e. The lowest BCUT2D eigenvalue weighted by Crippen LogP contribution is -2.47. The first-order valence-corrected chi connectivity index (χ1v) is 9.68. The summed E-state index contributed by atoms with van der Waals surface area (Å²) in [6, 6.07) is 7.17. The second-order valence-electron chi connectivity index (χ2n) is 7.08. The van der Waals surface area contributed by atoms with Gasteiger partial charge in [-0.25, -0.2) is 4.79 Å². The van der Waals surface area contributed by atoms with Crippen molar-refractivity contribution in [3.63, 3.8) is 0 Å². The van der Waals surface area contributed by atoms with Gasteiger partial charge in [-0.2, -0.15) is 0 Å². The first-order valence-electron chi connectivity index (χ1n) is 9.68. The van der Waals surface area contributed by atoms with Crippen LogP contribution in [0.4, 0.5) is 10.5 Å². The van der Waals surface area contributed by atoms with Gasteiger partial charge in [0.2, 0.25) is 11.8 Å². The summed E-state index contributed by atoms with van der Waals surface area (Å²) in [5.41, 5.74) is 0.680.